The number of aliphatic carboxylic acids is 1. The van der Waals surface area contributed by atoms with Crippen molar-refractivity contribution in [2.24, 2.45) is 5.16 Å². The van der Waals surface area contributed by atoms with E-state index in [-0.39, 0.29) is 12.4 Å². The number of carboxylic acid groups (broad SMARTS) is 1. The molecule has 0 atom stereocenters. The molecule has 150 valence electrons. The van der Waals surface area contributed by atoms with Gasteiger partial charge in [0.15, 0.2) is 0 Å². The van der Waals surface area contributed by atoms with Crippen LogP contribution < -0.4 is 0 Å². The minimum Gasteiger partial charge on any atom is -0.478 e. The van der Waals surface area contributed by atoms with Crippen LogP contribution >= 0.6 is 23.7 Å². The largest absolute Gasteiger partial charge is 0.478 e. The topological polar surface area (TPSA) is 62.1 Å². The van der Waals surface area contributed by atoms with Gasteiger partial charge in [0, 0.05) is 30.8 Å². The second-order valence-electron chi connectivity index (χ2n) is 6.62. The fraction of sp³-hybridized carbons (Fsp3) is 0.333. The van der Waals surface area contributed by atoms with Crippen molar-refractivity contribution in [2.75, 3.05) is 26.2 Å². The van der Waals surface area contributed by atoms with E-state index in [4.69, 9.17) is 9.94 Å². The summed E-state index contributed by atoms with van der Waals surface area (Å²) >= 11 is 1.66. The number of carbonyl (C=O) groups is 1. The maximum Gasteiger partial charge on any atom is 0.332 e. The highest BCUT2D eigenvalue weighted by atomic mass is 35.5. The smallest absolute Gasteiger partial charge is 0.332 e. The Hall–Kier alpha value is -2.15. The number of halogens is 1. The summed E-state index contributed by atoms with van der Waals surface area (Å²) in [6.45, 7) is 6.52. The molecule has 3 rings (SSSR count). The number of aryl methyl sites for hydroxylation is 2. The average Bonchev–Trinajstić information content (AvgIpc) is 3.09. The molecule has 0 radical (unpaired) electrons. The van der Waals surface area contributed by atoms with Crippen LogP contribution in [0.15, 0.2) is 52.5 Å². The summed E-state index contributed by atoms with van der Waals surface area (Å²) in [5.41, 5.74) is 4.71. The first-order chi connectivity index (χ1) is 13.1. The SMILES string of the molecule is Cc1ccccc1/C(=N\OCCN1CCC=C(C(=O)O)C1)c1sccc1C.Cl. The second kappa shape index (κ2) is 10.4. The molecule has 28 heavy (non-hydrogen) atoms. The molecule has 0 amide bonds. The van der Waals surface area contributed by atoms with Crippen LogP contribution in [0, 0.1) is 13.8 Å². The second-order valence-corrected chi connectivity index (χ2v) is 7.54. The third kappa shape index (κ3) is 5.44. The third-order valence-corrected chi connectivity index (χ3v) is 5.66. The predicted molar refractivity (Wildman–Crippen MR) is 116 cm³/mol. The van der Waals surface area contributed by atoms with Gasteiger partial charge in [-0.15, -0.1) is 23.7 Å². The van der Waals surface area contributed by atoms with E-state index < -0.39 is 5.97 Å². The highest BCUT2D eigenvalue weighted by Gasteiger charge is 2.18. The quantitative estimate of drug-likeness (QED) is 0.412. The van der Waals surface area contributed by atoms with Gasteiger partial charge < -0.3 is 9.94 Å². The maximum atomic E-state index is 11.1. The molecule has 0 spiro atoms. The van der Waals surface area contributed by atoms with Crippen LogP contribution in [0.3, 0.4) is 0 Å². The molecule has 0 bridgehead atoms. The van der Waals surface area contributed by atoms with E-state index in [1.807, 2.05) is 12.1 Å². The number of thiophene rings is 1. The number of hydrogen-bond acceptors (Lipinski definition) is 5. The fourth-order valence-corrected chi connectivity index (χ4v) is 4.02. The average molecular weight is 421 g/mol. The van der Waals surface area contributed by atoms with E-state index in [1.54, 1.807) is 17.4 Å². The molecular formula is C21H25ClN2O3S. The van der Waals surface area contributed by atoms with Crippen molar-refractivity contribution in [2.45, 2.75) is 20.3 Å². The van der Waals surface area contributed by atoms with Crippen molar-refractivity contribution in [3.8, 4) is 0 Å². The molecule has 5 nitrogen and oxygen atoms in total. The van der Waals surface area contributed by atoms with Crippen LogP contribution in [0.4, 0.5) is 0 Å². The molecule has 2 aromatic rings. The summed E-state index contributed by atoms with van der Waals surface area (Å²) in [5.74, 6) is -0.839. The van der Waals surface area contributed by atoms with Gasteiger partial charge in [0.25, 0.3) is 0 Å². The number of hydrogen-bond donors (Lipinski definition) is 1. The molecule has 0 saturated heterocycles. The number of rotatable bonds is 7. The van der Waals surface area contributed by atoms with E-state index in [1.165, 1.54) is 5.56 Å². The first-order valence-electron chi connectivity index (χ1n) is 9.01. The van der Waals surface area contributed by atoms with Crippen LogP contribution in [-0.2, 0) is 9.63 Å². The van der Waals surface area contributed by atoms with Gasteiger partial charge in [0.05, 0.1) is 4.88 Å². The zero-order chi connectivity index (χ0) is 19.2. The molecule has 0 fully saturated rings. The van der Waals surface area contributed by atoms with Gasteiger partial charge >= 0.3 is 5.97 Å². The lowest BCUT2D eigenvalue weighted by atomic mass is 10.0. The van der Waals surface area contributed by atoms with Gasteiger partial charge in [-0.1, -0.05) is 35.5 Å². The molecule has 1 aliphatic rings. The van der Waals surface area contributed by atoms with Crippen LogP contribution in [0.25, 0.3) is 0 Å². The van der Waals surface area contributed by atoms with Crippen LogP contribution in [-0.4, -0.2) is 47.9 Å². The highest BCUT2D eigenvalue weighted by molar-refractivity contribution is 7.12. The summed E-state index contributed by atoms with van der Waals surface area (Å²) in [6.07, 6.45) is 2.56. The minimum atomic E-state index is -0.839. The summed E-state index contributed by atoms with van der Waals surface area (Å²) < 4.78 is 0. The Morgan fingerprint density at radius 3 is 2.71 bits per heavy atom. The Labute approximate surface area is 175 Å². The lowest BCUT2D eigenvalue weighted by Gasteiger charge is -2.24. The van der Waals surface area contributed by atoms with Crippen molar-refractivity contribution in [3.63, 3.8) is 0 Å². The van der Waals surface area contributed by atoms with Crippen molar-refractivity contribution in [3.05, 3.63) is 68.9 Å². The Morgan fingerprint density at radius 1 is 1.25 bits per heavy atom. The minimum absolute atomic E-state index is 0. The van der Waals surface area contributed by atoms with Crippen LogP contribution in [0.5, 0.6) is 0 Å². The van der Waals surface area contributed by atoms with E-state index in [0.29, 0.717) is 25.3 Å². The summed E-state index contributed by atoms with van der Waals surface area (Å²) in [7, 11) is 0. The Balaban J connectivity index is 0.00000280. The van der Waals surface area contributed by atoms with E-state index >= 15 is 0 Å². The summed E-state index contributed by atoms with van der Waals surface area (Å²) in [6, 6.07) is 10.2. The number of carboxylic acids is 1. The van der Waals surface area contributed by atoms with Crippen molar-refractivity contribution < 1.29 is 14.7 Å². The molecular weight excluding hydrogens is 396 g/mol. The summed E-state index contributed by atoms with van der Waals surface area (Å²) in [5, 5.41) is 15.7. The molecule has 2 heterocycles. The van der Waals surface area contributed by atoms with Crippen molar-refractivity contribution in [1.82, 2.24) is 4.90 Å². The molecule has 1 aliphatic heterocycles. The van der Waals surface area contributed by atoms with Gasteiger partial charge in [-0.25, -0.2) is 4.79 Å². The zero-order valence-electron chi connectivity index (χ0n) is 16.1. The van der Waals surface area contributed by atoms with Gasteiger partial charge in [-0.05, 0) is 42.8 Å². The molecule has 0 aliphatic carbocycles. The van der Waals surface area contributed by atoms with Gasteiger partial charge in [0.2, 0.25) is 0 Å². The van der Waals surface area contributed by atoms with Gasteiger partial charge in [-0.2, -0.15) is 0 Å². The van der Waals surface area contributed by atoms with Crippen LogP contribution in [0.2, 0.25) is 0 Å². The monoisotopic (exact) mass is 420 g/mol. The molecule has 0 unspecified atom stereocenters. The van der Waals surface area contributed by atoms with Gasteiger partial charge in [-0.3, -0.25) is 4.90 Å². The third-order valence-electron chi connectivity index (χ3n) is 4.64. The molecule has 1 aromatic heterocycles. The molecule has 0 saturated carbocycles. The Morgan fingerprint density at radius 2 is 2.04 bits per heavy atom. The van der Waals surface area contributed by atoms with Gasteiger partial charge in [0.1, 0.15) is 12.3 Å². The molecule has 1 aromatic carbocycles. The number of benzene rings is 1. The van der Waals surface area contributed by atoms with Crippen LogP contribution in [0.1, 0.15) is 28.0 Å². The highest BCUT2D eigenvalue weighted by Crippen LogP contribution is 2.23. The molecule has 1 N–H and O–H groups in total. The summed E-state index contributed by atoms with van der Waals surface area (Å²) in [4.78, 5) is 20.0. The predicted octanol–water partition coefficient (Wildman–Crippen LogP) is 4.27. The Kier molecular flexibility index (Phi) is 8.23. The lowest BCUT2D eigenvalue weighted by molar-refractivity contribution is -0.133. The van der Waals surface area contributed by atoms with E-state index in [2.05, 4.69) is 47.5 Å². The number of nitrogens with zero attached hydrogens (tertiary/aromatic N) is 2. The fourth-order valence-electron chi connectivity index (χ4n) is 3.10. The molecule has 7 heteroatoms. The zero-order valence-corrected chi connectivity index (χ0v) is 17.7. The Bertz CT molecular complexity index is 876. The van der Waals surface area contributed by atoms with E-state index in [0.717, 1.165) is 34.7 Å². The lowest BCUT2D eigenvalue weighted by Crippen LogP contribution is -2.34. The van der Waals surface area contributed by atoms with Crippen molar-refractivity contribution in [1.29, 1.82) is 0 Å². The maximum absolute atomic E-state index is 11.1. The first-order valence-corrected chi connectivity index (χ1v) is 9.89. The van der Waals surface area contributed by atoms with E-state index in [9.17, 15) is 4.79 Å². The normalized spacial score (nSPS) is 14.9. The number of oxime groups is 1. The van der Waals surface area contributed by atoms with Crippen molar-refractivity contribution >= 4 is 35.4 Å². The first kappa shape index (κ1) is 22.1. The standard InChI is InChI=1S/C21H24N2O3S.ClH/c1-15-6-3-4-8-18(15)19(20-16(2)9-13-27-20)22-26-12-11-23-10-5-7-17(14-23)21(24)25;/h3-4,6-9,13H,5,10-12,14H2,1-2H3,(H,24,25);1H/b22-19+;.